The first-order valence-electron chi connectivity index (χ1n) is 6.54. The van der Waals surface area contributed by atoms with E-state index in [1.165, 1.54) is 0 Å². The van der Waals surface area contributed by atoms with Gasteiger partial charge in [0.2, 0.25) is 11.8 Å². The zero-order valence-electron chi connectivity index (χ0n) is 11.3. The van der Waals surface area contributed by atoms with E-state index in [0.717, 1.165) is 4.90 Å². The van der Waals surface area contributed by atoms with Crippen molar-refractivity contribution in [2.24, 2.45) is 5.92 Å². The number of aliphatic hydroxyl groups excluding tert-OH is 1. The number of anilines is 1. The summed E-state index contributed by atoms with van der Waals surface area (Å²) in [4.78, 5) is 29.3. The topological polar surface area (TPSA) is 70.5 Å². The van der Waals surface area contributed by atoms with Crippen LogP contribution in [0.15, 0.2) is 18.2 Å². The number of carbonyl (C=O) groups is 2. The molecule has 20 heavy (non-hydrogen) atoms. The van der Waals surface area contributed by atoms with Crippen molar-refractivity contribution in [3.8, 4) is 11.8 Å². The average Bonchev–Trinajstić information content (AvgIpc) is 2.38. The number of aromatic nitrogens is 1. The van der Waals surface area contributed by atoms with Gasteiger partial charge in [0, 0.05) is 19.3 Å². The minimum atomic E-state index is -0.221. The molecular weight excluding hydrogens is 256 g/mol. The Morgan fingerprint density at radius 1 is 1.35 bits per heavy atom. The minimum Gasteiger partial charge on any atom is -0.395 e. The number of carbonyl (C=O) groups excluding carboxylic acids is 2. The molecule has 0 radical (unpaired) electrons. The van der Waals surface area contributed by atoms with Crippen LogP contribution in [0.4, 0.5) is 5.82 Å². The highest BCUT2D eigenvalue weighted by molar-refractivity contribution is 6.15. The maximum Gasteiger partial charge on any atom is 0.235 e. The Bertz CT molecular complexity index is 568. The number of rotatable bonds is 2. The Hall–Kier alpha value is -2.19. The van der Waals surface area contributed by atoms with Gasteiger partial charge in [-0.1, -0.05) is 18.9 Å². The molecule has 1 fully saturated rings. The van der Waals surface area contributed by atoms with Crippen molar-refractivity contribution in [1.29, 1.82) is 0 Å². The summed E-state index contributed by atoms with van der Waals surface area (Å²) < 4.78 is 0. The second-order valence-electron chi connectivity index (χ2n) is 4.79. The van der Waals surface area contributed by atoms with Crippen LogP contribution >= 0.6 is 0 Å². The van der Waals surface area contributed by atoms with Crippen LogP contribution in [-0.2, 0) is 9.59 Å². The first-order chi connectivity index (χ1) is 9.61. The van der Waals surface area contributed by atoms with Gasteiger partial charge in [-0.05, 0) is 24.0 Å². The molecule has 0 atom stereocenters. The van der Waals surface area contributed by atoms with Crippen molar-refractivity contribution >= 4 is 17.6 Å². The molecule has 104 valence electrons. The summed E-state index contributed by atoms with van der Waals surface area (Å²) in [5.74, 6) is 5.52. The van der Waals surface area contributed by atoms with Gasteiger partial charge in [-0.25, -0.2) is 9.88 Å². The van der Waals surface area contributed by atoms with Crippen molar-refractivity contribution in [2.45, 2.75) is 26.2 Å². The summed E-state index contributed by atoms with van der Waals surface area (Å²) >= 11 is 0. The monoisotopic (exact) mass is 272 g/mol. The van der Waals surface area contributed by atoms with Gasteiger partial charge in [0.25, 0.3) is 0 Å². The van der Waals surface area contributed by atoms with Crippen molar-refractivity contribution in [3.05, 3.63) is 23.9 Å². The second-order valence-corrected chi connectivity index (χ2v) is 4.79. The Morgan fingerprint density at radius 2 is 2.05 bits per heavy atom. The summed E-state index contributed by atoms with van der Waals surface area (Å²) in [6.07, 6.45) is 1.08. The van der Waals surface area contributed by atoms with E-state index in [0.29, 0.717) is 30.8 Å². The van der Waals surface area contributed by atoms with Crippen molar-refractivity contribution < 1.29 is 14.7 Å². The van der Waals surface area contributed by atoms with Crippen LogP contribution in [0, 0.1) is 17.8 Å². The van der Waals surface area contributed by atoms with E-state index in [4.69, 9.17) is 5.11 Å². The molecule has 1 aromatic heterocycles. The summed E-state index contributed by atoms with van der Waals surface area (Å²) in [7, 11) is 0. The quantitative estimate of drug-likeness (QED) is 0.646. The van der Waals surface area contributed by atoms with Gasteiger partial charge in [-0.3, -0.25) is 9.59 Å². The molecule has 2 heterocycles. The zero-order chi connectivity index (χ0) is 14.5. The van der Waals surface area contributed by atoms with E-state index in [1.54, 1.807) is 18.2 Å². The molecule has 5 nitrogen and oxygen atoms in total. The highest BCUT2D eigenvalue weighted by Crippen LogP contribution is 2.23. The molecule has 1 aromatic rings. The Morgan fingerprint density at radius 3 is 2.70 bits per heavy atom. The third-order valence-electron chi connectivity index (χ3n) is 2.96. The third kappa shape index (κ3) is 3.22. The molecule has 1 aliphatic heterocycles. The molecule has 0 unspecified atom stereocenters. The van der Waals surface area contributed by atoms with Gasteiger partial charge in [0.05, 0.1) is 6.61 Å². The summed E-state index contributed by atoms with van der Waals surface area (Å²) in [5, 5.41) is 8.68. The van der Waals surface area contributed by atoms with Gasteiger partial charge in [0.15, 0.2) is 0 Å². The van der Waals surface area contributed by atoms with Crippen LogP contribution in [0.3, 0.4) is 0 Å². The number of pyridine rings is 1. The Labute approximate surface area is 117 Å². The lowest BCUT2D eigenvalue weighted by molar-refractivity contribution is -0.130. The van der Waals surface area contributed by atoms with E-state index in [9.17, 15) is 9.59 Å². The fraction of sp³-hybridized carbons (Fsp3) is 0.400. The molecule has 0 aromatic carbocycles. The van der Waals surface area contributed by atoms with Gasteiger partial charge in [0.1, 0.15) is 11.5 Å². The number of piperidine rings is 1. The molecule has 1 N–H and O–H groups in total. The zero-order valence-corrected chi connectivity index (χ0v) is 11.3. The predicted molar refractivity (Wildman–Crippen MR) is 73.7 cm³/mol. The average molecular weight is 272 g/mol. The fourth-order valence-electron chi connectivity index (χ4n) is 2.07. The van der Waals surface area contributed by atoms with Crippen LogP contribution in [0.5, 0.6) is 0 Å². The fourth-order valence-corrected chi connectivity index (χ4v) is 2.07. The lowest BCUT2D eigenvalue weighted by Gasteiger charge is -2.27. The molecule has 2 amide bonds. The largest absolute Gasteiger partial charge is 0.395 e. The molecule has 0 bridgehead atoms. The number of hydrogen-bond donors (Lipinski definition) is 1. The lowest BCUT2D eigenvalue weighted by atomic mass is 9.98. The van der Waals surface area contributed by atoms with Crippen LogP contribution in [-0.4, -0.2) is 28.5 Å². The van der Waals surface area contributed by atoms with E-state index in [2.05, 4.69) is 16.8 Å². The Balaban J connectivity index is 2.25. The summed E-state index contributed by atoms with van der Waals surface area (Å²) in [6.45, 7) is 1.88. The summed E-state index contributed by atoms with van der Waals surface area (Å²) in [5.41, 5.74) is 0.482. The van der Waals surface area contributed by atoms with E-state index >= 15 is 0 Å². The van der Waals surface area contributed by atoms with Gasteiger partial charge in [-0.2, -0.15) is 0 Å². The SMILES string of the molecule is CC1CC(=O)N(c2cccc(C#CCCO)n2)C(=O)C1. The molecule has 5 heteroatoms. The maximum atomic E-state index is 12.0. The van der Waals surface area contributed by atoms with Crippen LogP contribution in [0.1, 0.15) is 31.9 Å². The van der Waals surface area contributed by atoms with E-state index in [1.807, 2.05) is 6.92 Å². The van der Waals surface area contributed by atoms with E-state index in [-0.39, 0.29) is 24.3 Å². The van der Waals surface area contributed by atoms with E-state index < -0.39 is 0 Å². The number of hydrogen-bond acceptors (Lipinski definition) is 4. The molecule has 2 rings (SSSR count). The smallest absolute Gasteiger partial charge is 0.235 e. The second kappa shape index (κ2) is 6.31. The molecule has 0 aliphatic carbocycles. The molecule has 1 saturated heterocycles. The molecule has 1 aliphatic rings. The standard InChI is InChI=1S/C15H16N2O3/c1-11-9-14(19)17(15(20)10-11)13-7-4-6-12(16-13)5-2-3-8-18/h4,6-7,11,18H,3,8-10H2,1H3. The molecule has 0 spiro atoms. The number of aliphatic hydroxyl groups is 1. The minimum absolute atomic E-state index is 0.00627. The third-order valence-corrected chi connectivity index (χ3v) is 2.96. The predicted octanol–water partition coefficient (Wildman–Crippen LogP) is 1.10. The maximum absolute atomic E-state index is 12.0. The van der Waals surface area contributed by atoms with Crippen LogP contribution in [0.2, 0.25) is 0 Å². The lowest BCUT2D eigenvalue weighted by Crippen LogP contribution is -2.43. The highest BCUT2D eigenvalue weighted by atomic mass is 16.2. The molecule has 0 saturated carbocycles. The summed E-state index contributed by atoms with van der Waals surface area (Å²) in [6, 6.07) is 5.04. The van der Waals surface area contributed by atoms with Gasteiger partial charge in [-0.15, -0.1) is 0 Å². The number of amides is 2. The number of imide groups is 1. The van der Waals surface area contributed by atoms with Gasteiger partial charge < -0.3 is 5.11 Å². The Kier molecular flexibility index (Phi) is 4.49. The van der Waals surface area contributed by atoms with Crippen molar-refractivity contribution in [2.75, 3.05) is 11.5 Å². The van der Waals surface area contributed by atoms with Crippen LogP contribution < -0.4 is 4.90 Å². The van der Waals surface area contributed by atoms with Gasteiger partial charge >= 0.3 is 0 Å². The first kappa shape index (κ1) is 14.2. The van der Waals surface area contributed by atoms with Crippen molar-refractivity contribution in [3.63, 3.8) is 0 Å². The van der Waals surface area contributed by atoms with Crippen LogP contribution in [0.25, 0.3) is 0 Å². The number of nitrogens with zero attached hydrogens (tertiary/aromatic N) is 2. The normalized spacial score (nSPS) is 16.0. The first-order valence-corrected chi connectivity index (χ1v) is 6.54. The molecular formula is C15H16N2O3. The van der Waals surface area contributed by atoms with Crippen molar-refractivity contribution in [1.82, 2.24) is 4.98 Å². The highest BCUT2D eigenvalue weighted by Gasteiger charge is 2.32.